The third kappa shape index (κ3) is 15.1. The van der Waals surface area contributed by atoms with Crippen LogP contribution in [0.15, 0.2) is 91.0 Å². The van der Waals surface area contributed by atoms with Crippen LogP contribution in [0, 0.1) is 11.8 Å². The van der Waals surface area contributed by atoms with E-state index in [1.807, 2.05) is 80.6 Å². The molecule has 0 spiro atoms. The Kier molecular flexibility index (Phi) is 17.7. The van der Waals surface area contributed by atoms with Gasteiger partial charge in [0.25, 0.3) is 0 Å². The molecular weight excluding hydrogens is 775 g/mol. The van der Waals surface area contributed by atoms with E-state index in [1.54, 1.807) is 86.6 Å². The van der Waals surface area contributed by atoms with Gasteiger partial charge in [-0.15, -0.1) is 0 Å². The van der Waals surface area contributed by atoms with Crippen LogP contribution in [-0.4, -0.2) is 57.9 Å². The summed E-state index contributed by atoms with van der Waals surface area (Å²) in [4.78, 5) is 82.9. The monoisotopic (exact) mass is 841 g/mol. The van der Waals surface area contributed by atoms with Crippen molar-refractivity contribution in [3.05, 3.63) is 108 Å². The van der Waals surface area contributed by atoms with E-state index in [0.29, 0.717) is 36.8 Å². The lowest BCUT2D eigenvalue weighted by Crippen LogP contribution is -2.60. The minimum Gasteiger partial charge on any atom is -0.459 e. The number of alkyl carbamates (subject to hydrolysis) is 1. The van der Waals surface area contributed by atoms with Gasteiger partial charge in [-0.3, -0.25) is 19.2 Å². The quantitative estimate of drug-likeness (QED) is 0.0732. The van der Waals surface area contributed by atoms with Crippen LogP contribution in [0.2, 0.25) is 0 Å². The van der Waals surface area contributed by atoms with E-state index in [9.17, 15) is 28.8 Å². The molecule has 13 heteroatoms. The van der Waals surface area contributed by atoms with Gasteiger partial charge in [-0.25, -0.2) is 9.59 Å². The van der Waals surface area contributed by atoms with Crippen molar-refractivity contribution in [2.45, 2.75) is 143 Å². The van der Waals surface area contributed by atoms with Crippen molar-refractivity contribution >= 4 is 35.7 Å². The van der Waals surface area contributed by atoms with Gasteiger partial charge in [0, 0.05) is 0 Å². The first-order valence-electron chi connectivity index (χ1n) is 21.1. The molecule has 5 amide bonds. The Labute approximate surface area is 361 Å². The van der Waals surface area contributed by atoms with Gasteiger partial charge >= 0.3 is 12.1 Å². The number of carbonyl (C=O) groups excluding carboxylic acids is 6. The zero-order chi connectivity index (χ0) is 45.6. The summed E-state index contributed by atoms with van der Waals surface area (Å²) >= 11 is 0. The number of amides is 5. The van der Waals surface area contributed by atoms with E-state index in [1.165, 1.54) is 0 Å². The summed E-state index contributed by atoms with van der Waals surface area (Å²) in [5, 5.41) is 14.5. The summed E-state index contributed by atoms with van der Waals surface area (Å²) in [7, 11) is 0. The third-order valence-corrected chi connectivity index (χ3v) is 10.1. The second kappa shape index (κ2) is 21.7. The van der Waals surface area contributed by atoms with Gasteiger partial charge in [0.15, 0.2) is 0 Å². The Balaban J connectivity index is 1.89. The van der Waals surface area contributed by atoms with Gasteiger partial charge in [0.1, 0.15) is 28.8 Å². The number of nitrogens with one attached hydrogen (secondary N) is 5. The standard InChI is InChI=1S/C48H67N5O8/c1-12-23-35(37(33-27-19-15-20-28-33)50-42(57)47(8,9)53-44(59)61-45(3,4)5)39(54)51-46(6,7)41(56)49-38(34-29-21-16-22-30-34)36(24-13-2)40(55)52-48(10,11)43(58)60-31-32-25-17-14-18-26-32/h14-22,25-30,35-38H,12-13,23-24,31H2,1-11H3,(H,49,56)(H,50,57)(H,51,54)(H,52,55)(H,53,59)/t35-,36-,37+,38+/m1/s1. The van der Waals surface area contributed by atoms with E-state index in [-0.39, 0.29) is 6.61 Å². The Morgan fingerprint density at radius 1 is 0.525 bits per heavy atom. The first kappa shape index (κ1) is 49.6. The highest BCUT2D eigenvalue weighted by molar-refractivity contribution is 5.94. The van der Waals surface area contributed by atoms with Gasteiger partial charge in [-0.1, -0.05) is 118 Å². The predicted octanol–water partition coefficient (Wildman–Crippen LogP) is 7.37. The van der Waals surface area contributed by atoms with Gasteiger partial charge in [-0.2, -0.15) is 0 Å². The smallest absolute Gasteiger partial charge is 0.408 e. The van der Waals surface area contributed by atoms with E-state index in [2.05, 4.69) is 26.6 Å². The van der Waals surface area contributed by atoms with E-state index in [0.717, 1.165) is 5.56 Å². The number of hydrogen-bond donors (Lipinski definition) is 5. The van der Waals surface area contributed by atoms with Crippen LogP contribution in [0.5, 0.6) is 0 Å². The highest BCUT2D eigenvalue weighted by atomic mass is 16.6. The molecule has 0 bridgehead atoms. The molecular formula is C48H67N5O8. The summed E-state index contributed by atoms with van der Waals surface area (Å²) in [5.41, 5.74) is -2.98. The molecule has 4 atom stereocenters. The third-order valence-electron chi connectivity index (χ3n) is 10.1. The molecule has 3 aromatic carbocycles. The maximum absolute atomic E-state index is 14.5. The lowest BCUT2D eigenvalue weighted by atomic mass is 9.86. The van der Waals surface area contributed by atoms with E-state index >= 15 is 0 Å². The maximum Gasteiger partial charge on any atom is 0.408 e. The maximum atomic E-state index is 14.5. The van der Waals surface area contributed by atoms with Crippen LogP contribution in [0.25, 0.3) is 0 Å². The summed E-state index contributed by atoms with van der Waals surface area (Å²) in [5.74, 6) is -4.30. The Morgan fingerprint density at radius 2 is 0.902 bits per heavy atom. The normalized spacial score (nSPS) is 14.0. The number of ether oxygens (including phenoxy) is 2. The average molecular weight is 842 g/mol. The van der Waals surface area contributed by atoms with Crippen LogP contribution < -0.4 is 26.6 Å². The fourth-order valence-corrected chi connectivity index (χ4v) is 6.75. The van der Waals surface area contributed by atoms with Gasteiger partial charge in [0.2, 0.25) is 23.6 Å². The number of hydrogen-bond acceptors (Lipinski definition) is 8. The summed E-state index contributed by atoms with van der Waals surface area (Å²) < 4.78 is 11.0. The Hall–Kier alpha value is -5.72. The number of carbonyl (C=O) groups is 6. The first-order chi connectivity index (χ1) is 28.5. The molecule has 0 aliphatic heterocycles. The second-order valence-corrected chi connectivity index (χ2v) is 18.1. The largest absolute Gasteiger partial charge is 0.459 e. The highest BCUT2D eigenvalue weighted by Gasteiger charge is 2.42. The SMILES string of the molecule is CCC[C@@H](C(=O)NC(C)(C)C(=O)N[C@@H](c1ccccc1)[C@@H](CCC)C(=O)NC(C)(C)C(=O)OCc1ccccc1)[C@@H](NC(=O)C(C)(C)NC(=O)OC(C)(C)C)c1ccccc1. The number of benzene rings is 3. The molecule has 0 fully saturated rings. The minimum atomic E-state index is -1.51. The molecule has 0 aliphatic carbocycles. The highest BCUT2D eigenvalue weighted by Crippen LogP contribution is 2.30. The molecule has 0 unspecified atom stereocenters. The van der Waals surface area contributed by atoms with Crippen molar-refractivity contribution in [1.82, 2.24) is 26.6 Å². The summed E-state index contributed by atoms with van der Waals surface area (Å²) in [6.07, 6.45) is 1.11. The zero-order valence-corrected chi connectivity index (χ0v) is 37.8. The molecule has 5 N–H and O–H groups in total. The van der Waals surface area contributed by atoms with Crippen molar-refractivity contribution in [2.75, 3.05) is 0 Å². The lowest BCUT2D eigenvalue weighted by Gasteiger charge is -2.36. The predicted molar refractivity (Wildman–Crippen MR) is 236 cm³/mol. The Bertz CT molecular complexity index is 1930. The lowest BCUT2D eigenvalue weighted by molar-refractivity contribution is -0.154. The number of rotatable bonds is 20. The average Bonchev–Trinajstić information content (AvgIpc) is 3.19. The van der Waals surface area contributed by atoms with Crippen LogP contribution in [0.4, 0.5) is 4.79 Å². The van der Waals surface area contributed by atoms with Crippen molar-refractivity contribution < 1.29 is 38.2 Å². The second-order valence-electron chi connectivity index (χ2n) is 18.1. The topological polar surface area (TPSA) is 181 Å². The minimum absolute atomic E-state index is 0.0434. The van der Waals surface area contributed by atoms with Crippen molar-refractivity contribution in [1.29, 1.82) is 0 Å². The van der Waals surface area contributed by atoms with Gasteiger partial charge in [-0.05, 0) is 91.8 Å². The zero-order valence-electron chi connectivity index (χ0n) is 37.8. The van der Waals surface area contributed by atoms with Crippen molar-refractivity contribution in [2.24, 2.45) is 11.8 Å². The molecule has 0 aromatic heterocycles. The Morgan fingerprint density at radius 3 is 1.30 bits per heavy atom. The van der Waals surface area contributed by atoms with Crippen LogP contribution >= 0.6 is 0 Å². The number of esters is 1. The molecule has 332 valence electrons. The fraction of sp³-hybridized carbons (Fsp3) is 0.500. The first-order valence-corrected chi connectivity index (χ1v) is 21.1. The fourth-order valence-electron chi connectivity index (χ4n) is 6.75. The van der Waals surface area contributed by atoms with Crippen LogP contribution in [-0.2, 0) is 40.1 Å². The molecule has 3 rings (SSSR count). The van der Waals surface area contributed by atoms with Gasteiger partial charge in [0.05, 0.1) is 23.9 Å². The molecule has 3 aromatic rings. The van der Waals surface area contributed by atoms with Crippen LogP contribution in [0.1, 0.15) is 131 Å². The summed E-state index contributed by atoms with van der Waals surface area (Å²) in [6, 6.07) is 25.7. The molecule has 0 saturated carbocycles. The molecule has 61 heavy (non-hydrogen) atoms. The van der Waals surface area contributed by atoms with Crippen molar-refractivity contribution in [3.8, 4) is 0 Å². The van der Waals surface area contributed by atoms with Crippen LogP contribution in [0.3, 0.4) is 0 Å². The van der Waals surface area contributed by atoms with E-state index < -0.39 is 81.8 Å². The van der Waals surface area contributed by atoms with E-state index in [4.69, 9.17) is 9.47 Å². The molecule has 0 saturated heterocycles. The van der Waals surface area contributed by atoms with Gasteiger partial charge < -0.3 is 36.1 Å². The van der Waals surface area contributed by atoms with Crippen molar-refractivity contribution in [3.63, 3.8) is 0 Å². The molecule has 0 aliphatic rings. The molecule has 0 radical (unpaired) electrons. The molecule has 0 heterocycles. The molecule has 13 nitrogen and oxygen atoms in total. The summed E-state index contributed by atoms with van der Waals surface area (Å²) in [6.45, 7) is 18.5.